The molecular weight excluding hydrogens is 270 g/mol. The summed E-state index contributed by atoms with van der Waals surface area (Å²) < 4.78 is 1.74. The molecule has 1 aromatic rings. The molecule has 1 atom stereocenters. The Labute approximate surface area is 125 Å². The van der Waals surface area contributed by atoms with Gasteiger partial charge in [0.15, 0.2) is 0 Å². The predicted molar refractivity (Wildman–Crippen MR) is 82.3 cm³/mol. The van der Waals surface area contributed by atoms with Crippen LogP contribution in [0.25, 0.3) is 0 Å². The number of likely N-dealkylation sites (N-methyl/N-ethyl adjacent to an activating group) is 1. The highest BCUT2D eigenvalue weighted by Gasteiger charge is 2.19. The molecule has 0 bridgehead atoms. The fraction of sp³-hybridized carbons (Fsp3) is 0.643. The van der Waals surface area contributed by atoms with Gasteiger partial charge in [0.05, 0.1) is 5.69 Å². The lowest BCUT2D eigenvalue weighted by Gasteiger charge is -2.18. The number of aryl methyl sites for hydroxylation is 1. The number of urea groups is 1. The van der Waals surface area contributed by atoms with E-state index in [0.29, 0.717) is 12.2 Å². The quantitative estimate of drug-likeness (QED) is 0.748. The highest BCUT2D eigenvalue weighted by atomic mass is 16.2. The van der Waals surface area contributed by atoms with E-state index in [4.69, 9.17) is 0 Å². The SMILES string of the molecule is CCC[C@@H](NC(=O)Nc1cc(C)nn1C(C)C)C(=O)NC. The highest BCUT2D eigenvalue weighted by Crippen LogP contribution is 2.15. The maximum absolute atomic E-state index is 12.1. The maximum atomic E-state index is 12.1. The van der Waals surface area contributed by atoms with Crippen LogP contribution in [0.5, 0.6) is 0 Å². The van der Waals surface area contributed by atoms with E-state index in [0.717, 1.165) is 12.1 Å². The van der Waals surface area contributed by atoms with Crippen LogP contribution in [0.1, 0.15) is 45.3 Å². The van der Waals surface area contributed by atoms with Crippen molar-refractivity contribution in [3.8, 4) is 0 Å². The first kappa shape index (κ1) is 17.0. The Morgan fingerprint density at radius 2 is 2.05 bits per heavy atom. The van der Waals surface area contributed by atoms with Gasteiger partial charge in [-0.25, -0.2) is 9.48 Å². The van der Waals surface area contributed by atoms with Crippen molar-refractivity contribution in [2.24, 2.45) is 0 Å². The third-order valence-corrected chi connectivity index (χ3v) is 3.03. The summed E-state index contributed by atoms with van der Waals surface area (Å²) in [5, 5.41) is 12.3. The van der Waals surface area contributed by atoms with Crippen molar-refractivity contribution in [1.82, 2.24) is 20.4 Å². The molecule has 3 N–H and O–H groups in total. The van der Waals surface area contributed by atoms with Gasteiger partial charge in [-0.15, -0.1) is 0 Å². The Hall–Kier alpha value is -2.05. The third kappa shape index (κ3) is 4.77. The first-order valence-corrected chi connectivity index (χ1v) is 7.24. The summed E-state index contributed by atoms with van der Waals surface area (Å²) >= 11 is 0. The molecule has 1 rings (SSSR count). The highest BCUT2D eigenvalue weighted by molar-refractivity contribution is 5.93. The predicted octanol–water partition coefficient (Wildman–Crippen LogP) is 1.81. The number of nitrogens with zero attached hydrogens (tertiary/aromatic N) is 2. The second-order valence-electron chi connectivity index (χ2n) is 5.26. The first-order valence-electron chi connectivity index (χ1n) is 7.24. The minimum atomic E-state index is -0.531. The van der Waals surface area contributed by atoms with Crippen molar-refractivity contribution in [2.45, 2.75) is 52.6 Å². The lowest BCUT2D eigenvalue weighted by Crippen LogP contribution is -2.47. The molecule has 3 amide bonds. The number of carbonyl (C=O) groups is 2. The van der Waals surface area contributed by atoms with E-state index in [9.17, 15) is 9.59 Å². The molecule has 0 saturated carbocycles. The van der Waals surface area contributed by atoms with Crippen LogP contribution in [-0.2, 0) is 4.79 Å². The summed E-state index contributed by atoms with van der Waals surface area (Å²) in [5.74, 6) is 0.424. The van der Waals surface area contributed by atoms with Gasteiger partial charge in [0.1, 0.15) is 11.9 Å². The Kier molecular flexibility index (Phi) is 6.20. The third-order valence-electron chi connectivity index (χ3n) is 3.03. The fourth-order valence-corrected chi connectivity index (χ4v) is 2.05. The smallest absolute Gasteiger partial charge is 0.321 e. The van der Waals surface area contributed by atoms with Gasteiger partial charge < -0.3 is 10.6 Å². The van der Waals surface area contributed by atoms with E-state index in [2.05, 4.69) is 21.0 Å². The summed E-state index contributed by atoms with van der Waals surface area (Å²) in [4.78, 5) is 23.8. The topological polar surface area (TPSA) is 88.1 Å². The number of nitrogens with one attached hydrogen (secondary N) is 3. The van der Waals surface area contributed by atoms with E-state index >= 15 is 0 Å². The molecule has 0 unspecified atom stereocenters. The number of hydrogen-bond acceptors (Lipinski definition) is 3. The summed E-state index contributed by atoms with van der Waals surface area (Å²) in [5.41, 5.74) is 0.829. The number of rotatable bonds is 6. The average molecular weight is 295 g/mol. The minimum Gasteiger partial charge on any atom is -0.357 e. The molecule has 7 heteroatoms. The van der Waals surface area contributed by atoms with E-state index in [1.54, 1.807) is 17.8 Å². The van der Waals surface area contributed by atoms with E-state index in [1.165, 1.54) is 0 Å². The Bertz CT molecular complexity index is 496. The van der Waals surface area contributed by atoms with Gasteiger partial charge in [0.2, 0.25) is 5.91 Å². The number of aromatic nitrogens is 2. The monoisotopic (exact) mass is 295 g/mol. The molecule has 21 heavy (non-hydrogen) atoms. The average Bonchev–Trinajstić information content (AvgIpc) is 2.78. The van der Waals surface area contributed by atoms with Crippen molar-refractivity contribution in [1.29, 1.82) is 0 Å². The van der Waals surface area contributed by atoms with Crippen molar-refractivity contribution in [2.75, 3.05) is 12.4 Å². The zero-order chi connectivity index (χ0) is 16.0. The van der Waals surface area contributed by atoms with E-state index in [-0.39, 0.29) is 11.9 Å². The second-order valence-corrected chi connectivity index (χ2v) is 5.26. The van der Waals surface area contributed by atoms with Crippen molar-refractivity contribution in [3.63, 3.8) is 0 Å². The van der Waals surface area contributed by atoms with Crippen LogP contribution in [0.15, 0.2) is 6.07 Å². The number of anilines is 1. The number of amides is 3. The molecular formula is C14H25N5O2. The van der Waals surface area contributed by atoms with E-state index < -0.39 is 12.1 Å². The molecule has 118 valence electrons. The molecule has 0 spiro atoms. The largest absolute Gasteiger partial charge is 0.357 e. The van der Waals surface area contributed by atoms with Gasteiger partial charge >= 0.3 is 6.03 Å². The van der Waals surface area contributed by atoms with Gasteiger partial charge in [0, 0.05) is 19.2 Å². The molecule has 7 nitrogen and oxygen atoms in total. The molecule has 0 aliphatic rings. The lowest BCUT2D eigenvalue weighted by atomic mass is 10.1. The Morgan fingerprint density at radius 3 is 2.57 bits per heavy atom. The fourth-order valence-electron chi connectivity index (χ4n) is 2.05. The summed E-state index contributed by atoms with van der Waals surface area (Å²) in [6, 6.07) is 1.00. The van der Waals surface area contributed by atoms with Gasteiger partial charge in [-0.05, 0) is 27.2 Å². The van der Waals surface area contributed by atoms with Crippen LogP contribution in [0.4, 0.5) is 10.6 Å². The van der Waals surface area contributed by atoms with E-state index in [1.807, 2.05) is 27.7 Å². The van der Waals surface area contributed by atoms with Crippen LogP contribution >= 0.6 is 0 Å². The normalized spacial score (nSPS) is 12.1. The minimum absolute atomic E-state index is 0.138. The van der Waals surface area contributed by atoms with Crippen molar-refractivity contribution >= 4 is 17.8 Å². The van der Waals surface area contributed by atoms with Gasteiger partial charge in [0.25, 0.3) is 0 Å². The standard InChI is InChI=1S/C14H25N5O2/c1-6-7-11(13(20)15-5)16-14(21)17-12-8-10(4)18-19(12)9(2)3/h8-9,11H,6-7H2,1-5H3,(H,15,20)(H2,16,17,21)/t11-/m1/s1. The van der Waals surface area contributed by atoms with Gasteiger partial charge in [-0.3, -0.25) is 10.1 Å². The van der Waals surface area contributed by atoms with Crippen LogP contribution in [0.2, 0.25) is 0 Å². The molecule has 0 saturated heterocycles. The van der Waals surface area contributed by atoms with Crippen LogP contribution in [-0.4, -0.2) is 34.8 Å². The summed E-state index contributed by atoms with van der Waals surface area (Å²) in [7, 11) is 1.56. The first-order chi connectivity index (χ1) is 9.88. The molecule has 0 fully saturated rings. The van der Waals surface area contributed by atoms with Gasteiger partial charge in [-0.1, -0.05) is 13.3 Å². The zero-order valence-electron chi connectivity index (χ0n) is 13.4. The van der Waals surface area contributed by atoms with Crippen LogP contribution < -0.4 is 16.0 Å². The Balaban J connectivity index is 2.74. The summed E-state index contributed by atoms with van der Waals surface area (Å²) in [6.45, 7) is 7.80. The second kappa shape index (κ2) is 7.66. The molecule has 0 aliphatic heterocycles. The molecule has 0 aromatic carbocycles. The molecule has 0 aliphatic carbocycles. The summed E-state index contributed by atoms with van der Waals surface area (Å²) in [6.07, 6.45) is 1.40. The van der Waals surface area contributed by atoms with Gasteiger partial charge in [-0.2, -0.15) is 5.10 Å². The van der Waals surface area contributed by atoms with Crippen molar-refractivity contribution < 1.29 is 9.59 Å². The molecule has 0 radical (unpaired) electrons. The van der Waals surface area contributed by atoms with Crippen molar-refractivity contribution in [3.05, 3.63) is 11.8 Å². The van der Waals surface area contributed by atoms with Crippen LogP contribution in [0, 0.1) is 6.92 Å². The van der Waals surface area contributed by atoms with Crippen LogP contribution in [0.3, 0.4) is 0 Å². The Morgan fingerprint density at radius 1 is 1.38 bits per heavy atom. The number of hydrogen-bond donors (Lipinski definition) is 3. The molecule has 1 heterocycles. The molecule has 1 aromatic heterocycles. The number of carbonyl (C=O) groups excluding carboxylic acids is 2. The lowest BCUT2D eigenvalue weighted by molar-refractivity contribution is -0.122. The zero-order valence-corrected chi connectivity index (χ0v) is 13.4. The maximum Gasteiger partial charge on any atom is 0.321 e.